The normalized spacial score (nSPS) is 23.9. The molecule has 0 amide bonds. The SMILES string of the molecule is CC(=NCCO)C1C(=O)C(C)(C)C(=O)C(C)(C)C1=O. The van der Waals surface area contributed by atoms with Gasteiger partial charge in [-0.2, -0.15) is 0 Å². The van der Waals surface area contributed by atoms with Crippen molar-refractivity contribution in [2.45, 2.75) is 34.6 Å². The predicted octanol–water partition coefficient (Wildman–Crippen LogP) is 0.829. The van der Waals surface area contributed by atoms with Gasteiger partial charge in [-0.1, -0.05) is 0 Å². The van der Waals surface area contributed by atoms with Crippen molar-refractivity contribution in [2.24, 2.45) is 21.7 Å². The Hall–Kier alpha value is -1.36. The highest BCUT2D eigenvalue weighted by Crippen LogP contribution is 2.41. The zero-order valence-electron chi connectivity index (χ0n) is 12.1. The quantitative estimate of drug-likeness (QED) is 0.606. The summed E-state index contributed by atoms with van der Waals surface area (Å²) in [5.41, 5.74) is -1.99. The molecule has 0 aromatic carbocycles. The van der Waals surface area contributed by atoms with Gasteiger partial charge in [0.1, 0.15) is 5.92 Å². The molecule has 0 aromatic heterocycles. The van der Waals surface area contributed by atoms with E-state index in [1.807, 2.05) is 0 Å². The van der Waals surface area contributed by atoms with E-state index in [2.05, 4.69) is 4.99 Å². The van der Waals surface area contributed by atoms with Crippen LogP contribution in [0.3, 0.4) is 0 Å². The first-order chi connectivity index (χ1) is 8.58. The van der Waals surface area contributed by atoms with E-state index in [9.17, 15) is 14.4 Å². The highest BCUT2D eigenvalue weighted by atomic mass is 16.3. The minimum atomic E-state index is -1.18. The Morgan fingerprint density at radius 2 is 1.53 bits per heavy atom. The Kier molecular flexibility index (Phi) is 4.10. The number of nitrogens with zero attached hydrogens (tertiary/aromatic N) is 1. The van der Waals surface area contributed by atoms with Crippen LogP contribution >= 0.6 is 0 Å². The van der Waals surface area contributed by atoms with Crippen LogP contribution < -0.4 is 0 Å². The largest absolute Gasteiger partial charge is 0.394 e. The van der Waals surface area contributed by atoms with Gasteiger partial charge in [0.25, 0.3) is 0 Å². The Balaban J connectivity index is 3.29. The number of carbonyl (C=O) groups excluding carboxylic acids is 3. The Morgan fingerprint density at radius 3 is 1.89 bits per heavy atom. The van der Waals surface area contributed by atoms with Gasteiger partial charge in [-0.3, -0.25) is 19.4 Å². The number of aliphatic hydroxyl groups is 1. The van der Waals surface area contributed by atoms with E-state index in [1.165, 1.54) is 0 Å². The number of hydrogen-bond acceptors (Lipinski definition) is 5. The maximum Gasteiger partial charge on any atom is 0.161 e. The minimum Gasteiger partial charge on any atom is -0.394 e. The van der Waals surface area contributed by atoms with Gasteiger partial charge in [0, 0.05) is 5.71 Å². The van der Waals surface area contributed by atoms with Crippen LogP contribution in [0.5, 0.6) is 0 Å². The van der Waals surface area contributed by atoms with Crippen molar-refractivity contribution in [1.29, 1.82) is 0 Å². The van der Waals surface area contributed by atoms with Crippen molar-refractivity contribution >= 4 is 23.1 Å². The second-order valence-electron chi connectivity index (χ2n) is 5.99. The van der Waals surface area contributed by atoms with E-state index in [1.54, 1.807) is 34.6 Å². The van der Waals surface area contributed by atoms with Gasteiger partial charge >= 0.3 is 0 Å². The van der Waals surface area contributed by atoms with Gasteiger partial charge in [0.15, 0.2) is 17.3 Å². The molecule has 1 N–H and O–H groups in total. The second kappa shape index (κ2) is 4.96. The van der Waals surface area contributed by atoms with Gasteiger partial charge in [-0.05, 0) is 34.6 Å². The number of aliphatic hydroxyl groups excluding tert-OH is 1. The van der Waals surface area contributed by atoms with Crippen LogP contribution in [-0.2, 0) is 14.4 Å². The molecule has 1 fully saturated rings. The molecule has 0 aromatic rings. The first-order valence-corrected chi connectivity index (χ1v) is 6.33. The lowest BCUT2D eigenvalue weighted by atomic mass is 9.58. The minimum absolute atomic E-state index is 0.141. The molecule has 5 nitrogen and oxygen atoms in total. The Labute approximate surface area is 113 Å². The monoisotopic (exact) mass is 267 g/mol. The van der Waals surface area contributed by atoms with Crippen LogP contribution in [0.25, 0.3) is 0 Å². The predicted molar refractivity (Wildman–Crippen MR) is 71.1 cm³/mol. The zero-order chi connectivity index (χ0) is 15.0. The Morgan fingerprint density at radius 1 is 1.11 bits per heavy atom. The molecule has 0 radical (unpaired) electrons. The maximum atomic E-state index is 12.4. The molecule has 0 atom stereocenters. The number of rotatable bonds is 3. The summed E-state index contributed by atoms with van der Waals surface area (Å²) in [7, 11) is 0. The highest BCUT2D eigenvalue weighted by molar-refractivity contribution is 6.35. The van der Waals surface area contributed by atoms with Crippen molar-refractivity contribution in [3.63, 3.8) is 0 Å². The smallest absolute Gasteiger partial charge is 0.161 e. The molecule has 0 unspecified atom stereocenters. The molecule has 1 rings (SSSR count). The molecule has 106 valence electrons. The van der Waals surface area contributed by atoms with Gasteiger partial charge in [-0.15, -0.1) is 0 Å². The van der Waals surface area contributed by atoms with Gasteiger partial charge in [0.05, 0.1) is 24.0 Å². The number of Topliss-reactive ketones (excluding diaryl/α,β-unsaturated/α-hetero) is 3. The highest BCUT2D eigenvalue weighted by Gasteiger charge is 2.58. The molecule has 1 aliphatic rings. The van der Waals surface area contributed by atoms with Crippen LogP contribution in [0, 0.1) is 16.7 Å². The zero-order valence-corrected chi connectivity index (χ0v) is 12.1. The molecule has 0 spiro atoms. The van der Waals surface area contributed by atoms with E-state index >= 15 is 0 Å². The topological polar surface area (TPSA) is 83.8 Å². The Bertz CT molecular complexity index is 430. The first kappa shape index (κ1) is 15.7. The van der Waals surface area contributed by atoms with Gasteiger partial charge in [-0.25, -0.2) is 0 Å². The second-order valence-corrected chi connectivity index (χ2v) is 5.99. The average molecular weight is 267 g/mol. The standard InChI is InChI=1S/C14H21NO4/c1-8(15-6-7-16)9-10(17)13(2,3)12(19)14(4,5)11(9)18/h9,16H,6-7H2,1-5H3. The van der Waals surface area contributed by atoms with Crippen LogP contribution in [-0.4, -0.2) is 41.3 Å². The fourth-order valence-corrected chi connectivity index (χ4v) is 2.54. The van der Waals surface area contributed by atoms with Crippen molar-refractivity contribution < 1.29 is 19.5 Å². The van der Waals surface area contributed by atoms with Crippen molar-refractivity contribution in [3.8, 4) is 0 Å². The van der Waals surface area contributed by atoms with E-state index in [4.69, 9.17) is 5.11 Å². The number of aliphatic imine (C=N–C) groups is 1. The molecule has 0 heterocycles. The van der Waals surface area contributed by atoms with Crippen LogP contribution in [0.4, 0.5) is 0 Å². The molecular weight excluding hydrogens is 246 g/mol. The average Bonchev–Trinajstić information content (AvgIpc) is 2.33. The van der Waals surface area contributed by atoms with Crippen molar-refractivity contribution in [2.75, 3.05) is 13.2 Å². The van der Waals surface area contributed by atoms with Crippen molar-refractivity contribution in [1.82, 2.24) is 0 Å². The lowest BCUT2D eigenvalue weighted by molar-refractivity contribution is -0.157. The molecular formula is C14H21NO4. The van der Waals surface area contributed by atoms with Crippen LogP contribution in [0.15, 0.2) is 4.99 Å². The third-order valence-corrected chi connectivity index (χ3v) is 3.77. The van der Waals surface area contributed by atoms with Crippen molar-refractivity contribution in [3.05, 3.63) is 0 Å². The summed E-state index contributed by atoms with van der Waals surface area (Å²) < 4.78 is 0. The molecule has 0 saturated heterocycles. The summed E-state index contributed by atoms with van der Waals surface area (Å²) in [5, 5.41) is 8.76. The molecule has 1 saturated carbocycles. The van der Waals surface area contributed by atoms with E-state index in [-0.39, 0.29) is 18.9 Å². The lowest BCUT2D eigenvalue weighted by Gasteiger charge is -2.40. The summed E-state index contributed by atoms with van der Waals surface area (Å²) in [4.78, 5) is 41.0. The molecule has 19 heavy (non-hydrogen) atoms. The summed E-state index contributed by atoms with van der Waals surface area (Å²) in [6.07, 6.45) is 0. The van der Waals surface area contributed by atoms with Gasteiger partial charge in [0.2, 0.25) is 0 Å². The van der Waals surface area contributed by atoms with E-state index < -0.39 is 28.3 Å². The van der Waals surface area contributed by atoms with E-state index in [0.29, 0.717) is 5.71 Å². The third-order valence-electron chi connectivity index (χ3n) is 3.77. The number of hydrogen-bond donors (Lipinski definition) is 1. The lowest BCUT2D eigenvalue weighted by Crippen LogP contribution is -2.59. The summed E-state index contributed by atoms with van der Waals surface area (Å²) in [6.45, 7) is 7.82. The van der Waals surface area contributed by atoms with Gasteiger partial charge < -0.3 is 5.11 Å². The summed E-state index contributed by atoms with van der Waals surface area (Å²) in [5.74, 6) is -2.13. The summed E-state index contributed by atoms with van der Waals surface area (Å²) in [6, 6.07) is 0. The fraction of sp³-hybridized carbons (Fsp3) is 0.714. The van der Waals surface area contributed by atoms with Crippen LogP contribution in [0.1, 0.15) is 34.6 Å². The first-order valence-electron chi connectivity index (χ1n) is 6.33. The summed E-state index contributed by atoms with van der Waals surface area (Å²) >= 11 is 0. The molecule has 0 aliphatic heterocycles. The molecule has 1 aliphatic carbocycles. The number of ketones is 3. The third kappa shape index (κ3) is 2.39. The van der Waals surface area contributed by atoms with E-state index in [0.717, 1.165) is 0 Å². The molecule has 5 heteroatoms. The van der Waals surface area contributed by atoms with Crippen LogP contribution in [0.2, 0.25) is 0 Å². The fourth-order valence-electron chi connectivity index (χ4n) is 2.54. The molecule has 0 bridgehead atoms. The maximum absolute atomic E-state index is 12.4. The number of carbonyl (C=O) groups is 3.